The molecule has 11 atom stereocenters. The highest BCUT2D eigenvalue weighted by Crippen LogP contribution is 2.80. The summed E-state index contributed by atoms with van der Waals surface area (Å²) >= 11 is 0. The van der Waals surface area contributed by atoms with Crippen LogP contribution in [0.4, 0.5) is 0 Å². The lowest BCUT2D eigenvalue weighted by atomic mass is 9.37. The molecule has 1 N–H and O–H groups in total. The molecule has 0 amide bonds. The molecule has 13 nitrogen and oxygen atoms in total. The van der Waals surface area contributed by atoms with Crippen molar-refractivity contribution in [3.8, 4) is 0 Å². The Labute approximate surface area is 292 Å². The van der Waals surface area contributed by atoms with Gasteiger partial charge in [0.2, 0.25) is 6.29 Å². The van der Waals surface area contributed by atoms with Gasteiger partial charge in [0.25, 0.3) is 0 Å². The zero-order valence-electron chi connectivity index (χ0n) is 30.5. The van der Waals surface area contributed by atoms with Gasteiger partial charge in [-0.2, -0.15) is 0 Å². The van der Waals surface area contributed by atoms with Crippen LogP contribution in [0.2, 0.25) is 0 Å². The van der Waals surface area contributed by atoms with Gasteiger partial charge in [0.15, 0.2) is 5.79 Å². The molecular formula is C37H50O13. The van der Waals surface area contributed by atoms with Gasteiger partial charge in [-0.3, -0.25) is 19.2 Å². The van der Waals surface area contributed by atoms with E-state index < -0.39 is 112 Å². The van der Waals surface area contributed by atoms with E-state index in [2.05, 4.69) is 0 Å². The van der Waals surface area contributed by atoms with Crippen LogP contribution in [-0.4, -0.2) is 84.7 Å². The molecule has 13 heteroatoms. The molecule has 0 radical (unpaired) electrons. The Kier molecular flexibility index (Phi) is 8.67. The van der Waals surface area contributed by atoms with Crippen LogP contribution in [0.3, 0.4) is 0 Å². The Morgan fingerprint density at radius 2 is 1.60 bits per heavy atom. The van der Waals surface area contributed by atoms with Crippen LogP contribution in [-0.2, 0) is 57.1 Å². The summed E-state index contributed by atoms with van der Waals surface area (Å²) in [6.07, 6.45) is -0.538. The van der Waals surface area contributed by atoms with E-state index in [1.165, 1.54) is 20.1 Å². The number of carbonyl (C=O) groups is 5. The van der Waals surface area contributed by atoms with E-state index in [4.69, 9.17) is 33.2 Å². The molecule has 4 aliphatic heterocycles. The van der Waals surface area contributed by atoms with E-state index in [9.17, 15) is 29.1 Å². The number of aliphatic hydroxyl groups is 1. The predicted octanol–water partition coefficient (Wildman–Crippen LogP) is 3.55. The van der Waals surface area contributed by atoms with Gasteiger partial charge in [0.05, 0.1) is 31.5 Å². The second-order valence-electron chi connectivity index (χ2n) is 16.4. The number of cyclic esters (lactones) is 1. The van der Waals surface area contributed by atoms with Gasteiger partial charge >= 0.3 is 29.8 Å². The SMILES string of the molecule is COC(=O)C[C@H]1C(C)(C)[C@H](OC(=O)C(C)C)C2[C@@H](OC(=O)C(C)C)[C@]34O[C@]2(O)[C@]1(C)[C@H]3CC[C@]1(C)C4=CC(=O)O[C@H]1C1=CCO[C@H]1OC(C)=O. The second-order valence-corrected chi connectivity index (χ2v) is 16.4. The number of esters is 5. The number of methoxy groups -OCH3 is 1. The first kappa shape index (κ1) is 36.5. The summed E-state index contributed by atoms with van der Waals surface area (Å²) in [6, 6.07) is 0. The molecule has 2 bridgehead atoms. The first-order valence-corrected chi connectivity index (χ1v) is 17.5. The number of rotatable bonds is 8. The zero-order valence-corrected chi connectivity index (χ0v) is 30.5. The highest BCUT2D eigenvalue weighted by molar-refractivity contribution is 5.86. The third kappa shape index (κ3) is 4.78. The number of fused-ring (bicyclic) bond motifs is 2. The maximum Gasteiger partial charge on any atom is 0.331 e. The molecule has 1 spiro atoms. The quantitative estimate of drug-likeness (QED) is 0.222. The fourth-order valence-electron chi connectivity index (χ4n) is 10.4. The molecule has 1 unspecified atom stereocenters. The molecular weight excluding hydrogens is 652 g/mol. The van der Waals surface area contributed by atoms with Gasteiger partial charge in [-0.05, 0) is 30.4 Å². The third-order valence-electron chi connectivity index (χ3n) is 12.7. The largest absolute Gasteiger partial charge is 0.469 e. The van der Waals surface area contributed by atoms with Crippen molar-refractivity contribution in [2.45, 2.75) is 118 Å². The van der Waals surface area contributed by atoms with E-state index >= 15 is 0 Å². The lowest BCUT2D eigenvalue weighted by Gasteiger charge is -2.67. The van der Waals surface area contributed by atoms with Crippen molar-refractivity contribution < 1.29 is 62.2 Å². The molecule has 6 aliphatic rings. The molecule has 6 rings (SSSR count). The van der Waals surface area contributed by atoms with Crippen molar-refractivity contribution in [1.29, 1.82) is 0 Å². The summed E-state index contributed by atoms with van der Waals surface area (Å²) in [7, 11) is 1.30. The standard InChI is InChI=1S/C37H50O13/c1-17(2)30(41)48-28-26-29(49-31(42)18(3)4)36-21(35(9,37(26,43)50-36)22(33(28,6)7)15-24(39)44-10)11-13-34(8)23(36)16-25(40)47-27(34)20-12-14-45-32(20)46-19(5)38/h12,16-18,21-22,26-29,32,43H,11,13-15H2,1-10H3/t21-,22+,26?,27+,28-,29-,32+,34-,35-,36+,37+/m1/s1. The molecule has 2 saturated carbocycles. The summed E-state index contributed by atoms with van der Waals surface area (Å²) in [5, 5.41) is 13.2. The van der Waals surface area contributed by atoms with Gasteiger partial charge in [0.1, 0.15) is 23.9 Å². The maximum atomic E-state index is 13.7. The topological polar surface area (TPSA) is 170 Å². The number of hydrogen-bond acceptors (Lipinski definition) is 13. The first-order chi connectivity index (χ1) is 23.2. The average Bonchev–Trinajstić information content (AvgIpc) is 3.64. The Hall–Kier alpha value is -3.29. The van der Waals surface area contributed by atoms with Crippen molar-refractivity contribution >= 4 is 29.8 Å². The van der Waals surface area contributed by atoms with Crippen LogP contribution >= 0.6 is 0 Å². The lowest BCUT2D eigenvalue weighted by Crippen LogP contribution is -2.76. The fourth-order valence-corrected chi connectivity index (χ4v) is 10.4. The van der Waals surface area contributed by atoms with E-state index in [1.807, 2.05) is 27.7 Å². The Morgan fingerprint density at radius 1 is 0.980 bits per heavy atom. The number of carbonyl (C=O) groups excluding carboxylic acids is 5. The predicted molar refractivity (Wildman–Crippen MR) is 172 cm³/mol. The summed E-state index contributed by atoms with van der Waals surface area (Å²) in [5.74, 6) is -8.40. The molecule has 0 aromatic heterocycles. The smallest absolute Gasteiger partial charge is 0.331 e. The normalized spacial score (nSPS) is 42.2. The summed E-state index contributed by atoms with van der Waals surface area (Å²) in [5.41, 5.74) is -3.85. The van der Waals surface area contributed by atoms with Crippen LogP contribution < -0.4 is 0 Å². The van der Waals surface area contributed by atoms with E-state index in [-0.39, 0.29) is 13.0 Å². The summed E-state index contributed by atoms with van der Waals surface area (Å²) in [4.78, 5) is 65.9. The van der Waals surface area contributed by atoms with Crippen LogP contribution in [0.15, 0.2) is 23.3 Å². The minimum atomic E-state index is -2.09. The Morgan fingerprint density at radius 3 is 2.18 bits per heavy atom. The van der Waals surface area contributed by atoms with Gasteiger partial charge in [0, 0.05) is 47.2 Å². The molecule has 2 aliphatic carbocycles. The third-order valence-corrected chi connectivity index (χ3v) is 12.7. The van der Waals surface area contributed by atoms with Crippen molar-refractivity contribution in [1.82, 2.24) is 0 Å². The summed E-state index contributed by atoms with van der Waals surface area (Å²) < 4.78 is 42.1. The maximum absolute atomic E-state index is 13.7. The van der Waals surface area contributed by atoms with Gasteiger partial charge < -0.3 is 38.3 Å². The Balaban J connectivity index is 1.59. The molecule has 0 aromatic carbocycles. The minimum absolute atomic E-state index is 0.119. The summed E-state index contributed by atoms with van der Waals surface area (Å²) in [6.45, 7) is 15.7. The number of hydrogen-bond donors (Lipinski definition) is 1. The van der Waals surface area contributed by atoms with Crippen molar-refractivity contribution in [2.24, 2.45) is 45.8 Å². The molecule has 4 heterocycles. The van der Waals surface area contributed by atoms with Crippen LogP contribution in [0.25, 0.3) is 0 Å². The number of ether oxygens (including phenoxy) is 7. The first-order valence-electron chi connectivity index (χ1n) is 17.5. The fraction of sp³-hybridized carbons (Fsp3) is 0.757. The highest BCUT2D eigenvalue weighted by atomic mass is 16.7. The lowest BCUT2D eigenvalue weighted by molar-refractivity contribution is -0.326. The van der Waals surface area contributed by atoms with Gasteiger partial charge in [-0.15, -0.1) is 0 Å². The van der Waals surface area contributed by atoms with Crippen LogP contribution in [0.1, 0.15) is 81.6 Å². The second kappa shape index (κ2) is 11.9. The van der Waals surface area contributed by atoms with Gasteiger partial charge in [-0.25, -0.2) is 4.79 Å². The monoisotopic (exact) mass is 702 g/mol. The molecule has 4 fully saturated rings. The van der Waals surface area contributed by atoms with Crippen molar-refractivity contribution in [3.63, 3.8) is 0 Å². The van der Waals surface area contributed by atoms with E-state index in [0.29, 0.717) is 24.0 Å². The molecule has 0 aromatic rings. The van der Waals surface area contributed by atoms with E-state index in [1.54, 1.807) is 33.8 Å². The Bertz CT molecular complexity index is 1560. The van der Waals surface area contributed by atoms with Crippen molar-refractivity contribution in [3.05, 3.63) is 23.3 Å². The zero-order chi connectivity index (χ0) is 36.9. The molecule has 276 valence electrons. The van der Waals surface area contributed by atoms with Crippen molar-refractivity contribution in [2.75, 3.05) is 13.7 Å². The van der Waals surface area contributed by atoms with Gasteiger partial charge in [-0.1, -0.05) is 55.4 Å². The van der Waals surface area contributed by atoms with E-state index in [0.717, 1.165) is 0 Å². The minimum Gasteiger partial charge on any atom is -0.469 e. The van der Waals surface area contributed by atoms with Crippen LogP contribution in [0, 0.1) is 45.8 Å². The highest BCUT2D eigenvalue weighted by Gasteiger charge is 2.90. The molecule has 50 heavy (non-hydrogen) atoms. The molecule has 2 saturated heterocycles. The average molecular weight is 703 g/mol. The van der Waals surface area contributed by atoms with Crippen LogP contribution in [0.5, 0.6) is 0 Å².